The van der Waals surface area contributed by atoms with Crippen LogP contribution < -0.4 is 0 Å². The van der Waals surface area contributed by atoms with Crippen LogP contribution in [0, 0.1) is 0 Å². The van der Waals surface area contributed by atoms with Crippen molar-refractivity contribution in [3.05, 3.63) is 95.6 Å². The van der Waals surface area contributed by atoms with Crippen molar-refractivity contribution in [2.75, 3.05) is 0 Å². The summed E-state index contributed by atoms with van der Waals surface area (Å²) in [6.45, 7) is 0. The average molecular weight is 369 g/mol. The highest BCUT2D eigenvalue weighted by molar-refractivity contribution is 6.09. The van der Waals surface area contributed by atoms with Gasteiger partial charge in [0.1, 0.15) is 0 Å². The molecule has 6 heteroatoms. The molecule has 0 radical (unpaired) electrons. The summed E-state index contributed by atoms with van der Waals surface area (Å²) in [5.41, 5.74) is 2.27. The highest BCUT2D eigenvalue weighted by Crippen LogP contribution is 2.35. The van der Waals surface area contributed by atoms with E-state index in [0.717, 1.165) is 0 Å². The van der Waals surface area contributed by atoms with E-state index in [1.165, 1.54) is 12.1 Å². The number of benzene rings is 3. The summed E-state index contributed by atoms with van der Waals surface area (Å²) in [4.78, 5) is 27.5. The predicted octanol–water partition coefficient (Wildman–Crippen LogP) is 5.03. The number of amides is 1. The zero-order chi connectivity index (χ0) is 19.5. The van der Waals surface area contributed by atoms with Gasteiger partial charge in [-0.3, -0.25) is 9.59 Å². The summed E-state index contributed by atoms with van der Waals surface area (Å²) in [6.07, 6.45) is 0. The standard InChI is InChI=1S/C22H15N3O3/c26-20(14-6-2-1-3-7-14)15-10-12-16(13-11-15)21(27)25-24-19-17-8-4-5-9-18(17)23-22(19)28/h1-13,23,28H. The van der Waals surface area contributed by atoms with Crippen molar-refractivity contribution in [1.82, 2.24) is 4.98 Å². The maximum absolute atomic E-state index is 12.4. The second-order valence-electron chi connectivity index (χ2n) is 6.15. The molecule has 0 fully saturated rings. The van der Waals surface area contributed by atoms with Gasteiger partial charge in [-0.2, -0.15) is 0 Å². The average Bonchev–Trinajstić information content (AvgIpc) is 3.07. The molecular formula is C22H15N3O3. The molecule has 0 unspecified atom stereocenters. The lowest BCUT2D eigenvalue weighted by atomic mass is 10.0. The number of carbonyl (C=O) groups is 2. The van der Waals surface area contributed by atoms with Crippen molar-refractivity contribution in [2.45, 2.75) is 0 Å². The second-order valence-corrected chi connectivity index (χ2v) is 6.15. The monoisotopic (exact) mass is 369 g/mol. The topological polar surface area (TPSA) is 94.9 Å². The van der Waals surface area contributed by atoms with E-state index in [1.807, 2.05) is 12.1 Å². The minimum absolute atomic E-state index is 0.120. The first-order chi connectivity index (χ1) is 13.6. The number of hydrogen-bond acceptors (Lipinski definition) is 4. The molecule has 28 heavy (non-hydrogen) atoms. The number of nitrogens with one attached hydrogen (secondary N) is 1. The molecule has 1 amide bonds. The molecular weight excluding hydrogens is 354 g/mol. The lowest BCUT2D eigenvalue weighted by Crippen LogP contribution is -2.02. The number of fused-ring (bicyclic) bond motifs is 1. The number of hydrogen-bond donors (Lipinski definition) is 2. The van der Waals surface area contributed by atoms with E-state index >= 15 is 0 Å². The van der Waals surface area contributed by atoms with Crippen LogP contribution in [0.3, 0.4) is 0 Å². The number of aromatic amines is 1. The molecule has 1 heterocycles. The molecule has 6 nitrogen and oxygen atoms in total. The van der Waals surface area contributed by atoms with E-state index in [-0.39, 0.29) is 17.4 Å². The van der Waals surface area contributed by atoms with Crippen LogP contribution in [0.4, 0.5) is 5.69 Å². The Balaban J connectivity index is 1.54. The number of H-pyrrole nitrogens is 1. The number of ketones is 1. The molecule has 2 N–H and O–H groups in total. The lowest BCUT2D eigenvalue weighted by Gasteiger charge is -2.01. The zero-order valence-corrected chi connectivity index (χ0v) is 14.7. The summed E-state index contributed by atoms with van der Waals surface area (Å²) in [5, 5.41) is 18.2. The van der Waals surface area contributed by atoms with Crippen molar-refractivity contribution < 1.29 is 14.7 Å². The number of nitrogens with zero attached hydrogens (tertiary/aromatic N) is 2. The number of carbonyl (C=O) groups excluding carboxylic acids is 2. The summed E-state index contributed by atoms with van der Waals surface area (Å²) in [5.74, 6) is -0.838. The molecule has 0 aliphatic rings. The number of aromatic nitrogens is 1. The summed E-state index contributed by atoms with van der Waals surface area (Å²) in [7, 11) is 0. The smallest absolute Gasteiger partial charge is 0.295 e. The molecule has 0 saturated heterocycles. The van der Waals surface area contributed by atoms with Crippen molar-refractivity contribution in [2.24, 2.45) is 10.2 Å². The Bertz CT molecular complexity index is 1190. The van der Waals surface area contributed by atoms with Gasteiger partial charge in [0, 0.05) is 22.1 Å². The SMILES string of the molecule is O=C(N=Nc1c(O)[nH]c2ccccc12)c1ccc(C(=O)c2ccccc2)cc1. The Hall–Kier alpha value is -4.06. The van der Waals surface area contributed by atoms with E-state index in [0.29, 0.717) is 27.6 Å². The second kappa shape index (κ2) is 7.28. The van der Waals surface area contributed by atoms with Gasteiger partial charge in [-0.1, -0.05) is 60.7 Å². The third kappa shape index (κ3) is 3.31. The Labute approximate surface area is 160 Å². The van der Waals surface area contributed by atoms with Crippen molar-refractivity contribution in [3.8, 4) is 5.88 Å². The van der Waals surface area contributed by atoms with Crippen molar-refractivity contribution >= 4 is 28.3 Å². The maximum atomic E-state index is 12.4. The molecule has 136 valence electrons. The molecule has 3 aromatic carbocycles. The van der Waals surface area contributed by atoms with Gasteiger partial charge in [0.15, 0.2) is 11.5 Å². The van der Waals surface area contributed by atoms with Crippen LogP contribution in [0.25, 0.3) is 10.9 Å². The van der Waals surface area contributed by atoms with Gasteiger partial charge in [0.05, 0.1) is 5.52 Å². The zero-order valence-electron chi connectivity index (χ0n) is 14.7. The predicted molar refractivity (Wildman–Crippen MR) is 105 cm³/mol. The fourth-order valence-electron chi connectivity index (χ4n) is 2.89. The van der Waals surface area contributed by atoms with E-state index < -0.39 is 5.91 Å². The molecule has 0 aliphatic heterocycles. The molecule has 4 aromatic rings. The van der Waals surface area contributed by atoms with E-state index in [4.69, 9.17) is 0 Å². The van der Waals surface area contributed by atoms with Gasteiger partial charge in [-0.15, -0.1) is 10.2 Å². The maximum Gasteiger partial charge on any atom is 0.295 e. The van der Waals surface area contributed by atoms with Crippen LogP contribution in [0.1, 0.15) is 26.3 Å². The first-order valence-corrected chi connectivity index (χ1v) is 8.59. The fraction of sp³-hybridized carbons (Fsp3) is 0. The number of azo groups is 1. The first-order valence-electron chi connectivity index (χ1n) is 8.59. The van der Waals surface area contributed by atoms with Gasteiger partial charge >= 0.3 is 0 Å². The van der Waals surface area contributed by atoms with Gasteiger partial charge in [0.25, 0.3) is 5.91 Å². The van der Waals surface area contributed by atoms with E-state index in [2.05, 4.69) is 15.2 Å². The lowest BCUT2D eigenvalue weighted by molar-refractivity contribution is 0.0992. The molecule has 0 spiro atoms. The number of rotatable bonds is 4. The van der Waals surface area contributed by atoms with Crippen LogP contribution in [0.15, 0.2) is 89.1 Å². The molecule has 1 aromatic heterocycles. The van der Waals surface area contributed by atoms with Crippen LogP contribution in [-0.4, -0.2) is 21.8 Å². The number of aromatic hydroxyl groups is 1. The Morgan fingerprint density at radius 1 is 0.750 bits per heavy atom. The van der Waals surface area contributed by atoms with Gasteiger partial charge in [-0.25, -0.2) is 0 Å². The Kier molecular flexibility index (Phi) is 4.51. The van der Waals surface area contributed by atoms with E-state index in [9.17, 15) is 14.7 Å². The molecule has 4 rings (SSSR count). The normalized spacial score (nSPS) is 11.1. The van der Waals surface area contributed by atoms with Crippen molar-refractivity contribution in [3.63, 3.8) is 0 Å². The van der Waals surface area contributed by atoms with Gasteiger partial charge in [0.2, 0.25) is 5.88 Å². The van der Waals surface area contributed by atoms with Crippen LogP contribution in [-0.2, 0) is 0 Å². The van der Waals surface area contributed by atoms with Gasteiger partial charge in [-0.05, 0) is 18.2 Å². The highest BCUT2D eigenvalue weighted by Gasteiger charge is 2.12. The molecule has 0 aliphatic carbocycles. The Morgan fingerprint density at radius 2 is 1.36 bits per heavy atom. The fourth-order valence-corrected chi connectivity index (χ4v) is 2.89. The summed E-state index contributed by atoms with van der Waals surface area (Å²) in [6, 6.07) is 22.3. The molecule has 0 saturated carbocycles. The van der Waals surface area contributed by atoms with Crippen LogP contribution in [0.5, 0.6) is 5.88 Å². The van der Waals surface area contributed by atoms with Crippen molar-refractivity contribution in [1.29, 1.82) is 0 Å². The van der Waals surface area contributed by atoms with Gasteiger partial charge < -0.3 is 10.1 Å². The quantitative estimate of drug-likeness (QED) is 0.390. The third-order valence-corrected chi connectivity index (χ3v) is 4.33. The van der Waals surface area contributed by atoms with Crippen LogP contribution >= 0.6 is 0 Å². The minimum atomic E-state index is -0.566. The largest absolute Gasteiger partial charge is 0.493 e. The third-order valence-electron chi connectivity index (χ3n) is 4.33. The Morgan fingerprint density at radius 3 is 2.11 bits per heavy atom. The van der Waals surface area contributed by atoms with Crippen LogP contribution in [0.2, 0.25) is 0 Å². The number of para-hydroxylation sites is 1. The minimum Gasteiger partial charge on any atom is -0.493 e. The molecule has 0 atom stereocenters. The highest BCUT2D eigenvalue weighted by atomic mass is 16.3. The first kappa shape index (κ1) is 17.4. The van der Waals surface area contributed by atoms with E-state index in [1.54, 1.807) is 54.6 Å². The molecule has 0 bridgehead atoms. The summed E-state index contributed by atoms with van der Waals surface area (Å²) >= 11 is 0. The summed E-state index contributed by atoms with van der Waals surface area (Å²) < 4.78 is 0.